The van der Waals surface area contributed by atoms with E-state index < -0.39 is 24.0 Å². The zero-order valence-electron chi connectivity index (χ0n) is 17.8. The summed E-state index contributed by atoms with van der Waals surface area (Å²) < 4.78 is 11.2. The lowest BCUT2D eigenvalue weighted by Crippen LogP contribution is -2.22. The van der Waals surface area contributed by atoms with Crippen molar-refractivity contribution in [3.8, 4) is 5.75 Å². The van der Waals surface area contributed by atoms with Gasteiger partial charge in [0.2, 0.25) is 0 Å². The molecule has 2 amide bonds. The van der Waals surface area contributed by atoms with E-state index in [1.807, 2.05) is 0 Å². The van der Waals surface area contributed by atoms with Crippen LogP contribution in [0.2, 0.25) is 0 Å². The van der Waals surface area contributed by atoms with Crippen LogP contribution in [0.4, 0.5) is 10.5 Å². The number of hydrogen-bond donors (Lipinski definition) is 4. The molecule has 2 atom stereocenters. The molecule has 0 saturated heterocycles. The molecule has 0 radical (unpaired) electrons. The third-order valence-electron chi connectivity index (χ3n) is 4.49. The van der Waals surface area contributed by atoms with E-state index in [0.29, 0.717) is 22.6 Å². The molecule has 0 heterocycles. The number of hydrogen-bond acceptors (Lipinski definition) is 7. The van der Waals surface area contributed by atoms with Crippen molar-refractivity contribution in [1.29, 1.82) is 0 Å². The number of benzene rings is 2. The smallest absolute Gasteiger partial charge is 0.412 e. The van der Waals surface area contributed by atoms with Crippen molar-refractivity contribution >= 4 is 23.5 Å². The summed E-state index contributed by atoms with van der Waals surface area (Å²) in [7, 11) is 0. The molecule has 9 heteroatoms. The summed E-state index contributed by atoms with van der Waals surface area (Å²) in [6.45, 7) is 3.03. The Hall–Kier alpha value is -3.69. The highest BCUT2D eigenvalue weighted by molar-refractivity contribution is 5.95. The topological polar surface area (TPSA) is 134 Å². The van der Waals surface area contributed by atoms with Crippen LogP contribution < -0.4 is 15.5 Å². The number of amides is 2. The van der Waals surface area contributed by atoms with Crippen molar-refractivity contribution in [2.24, 2.45) is 5.92 Å². The van der Waals surface area contributed by atoms with Gasteiger partial charge >= 0.3 is 6.09 Å². The van der Waals surface area contributed by atoms with Gasteiger partial charge in [-0.05, 0) is 37.3 Å². The minimum atomic E-state index is -0.857. The Morgan fingerprint density at radius 1 is 1.09 bits per heavy atom. The second-order valence-electron chi connectivity index (χ2n) is 6.89. The Labute approximate surface area is 185 Å². The van der Waals surface area contributed by atoms with Crippen molar-refractivity contribution in [3.63, 3.8) is 0 Å². The lowest BCUT2D eigenvalue weighted by molar-refractivity contribution is -0.124. The molecule has 0 aliphatic heterocycles. The second kappa shape index (κ2) is 12.2. The quantitative estimate of drug-likeness (QED) is 0.192. The van der Waals surface area contributed by atoms with Crippen molar-refractivity contribution < 1.29 is 34.2 Å². The minimum absolute atomic E-state index is 0.0512. The van der Waals surface area contributed by atoms with Gasteiger partial charge in [0.25, 0.3) is 5.91 Å². The average Bonchev–Trinajstić information content (AvgIpc) is 2.80. The molecule has 0 aromatic heterocycles. The van der Waals surface area contributed by atoms with Crippen molar-refractivity contribution in [2.75, 3.05) is 18.5 Å². The summed E-state index contributed by atoms with van der Waals surface area (Å²) in [5.74, 6) is -0.893. The Balaban J connectivity index is 2.26. The highest BCUT2D eigenvalue weighted by atomic mass is 16.6. The largest absolute Gasteiger partial charge is 0.491 e. The summed E-state index contributed by atoms with van der Waals surface area (Å²) >= 11 is 0. The van der Waals surface area contributed by atoms with Gasteiger partial charge in [-0.1, -0.05) is 31.2 Å². The van der Waals surface area contributed by atoms with Crippen molar-refractivity contribution in [1.82, 2.24) is 5.48 Å². The number of rotatable bonds is 10. The van der Waals surface area contributed by atoms with E-state index in [1.54, 1.807) is 55.5 Å². The highest BCUT2D eigenvalue weighted by Crippen LogP contribution is 2.34. The maximum Gasteiger partial charge on any atom is 0.412 e. The lowest BCUT2D eigenvalue weighted by Gasteiger charge is -2.24. The summed E-state index contributed by atoms with van der Waals surface area (Å²) in [5.41, 5.74) is 2.98. The second-order valence-corrected chi connectivity index (χ2v) is 6.89. The standard InChI is InChI=1S/C23H26N2O7/c1-15(7-12-21(28)25-30)22(19-5-3-4-6-20(19)31-14-13-26)32-23(29)24-18-10-8-17(9-11-18)16(2)27/h3-12,15,22,26,30H,13-14H2,1-2H3,(H,24,29)(H,25,28)/b12-7+/t15-,22+/m1/s1. The molecule has 0 fully saturated rings. The van der Waals surface area contributed by atoms with E-state index in [0.717, 1.165) is 6.08 Å². The van der Waals surface area contributed by atoms with Crippen LogP contribution >= 0.6 is 0 Å². The van der Waals surface area contributed by atoms with Gasteiger partial charge in [0.15, 0.2) is 5.78 Å². The Morgan fingerprint density at radius 3 is 2.41 bits per heavy atom. The van der Waals surface area contributed by atoms with E-state index in [1.165, 1.54) is 18.5 Å². The van der Waals surface area contributed by atoms with Gasteiger partial charge in [0, 0.05) is 28.8 Å². The van der Waals surface area contributed by atoms with E-state index in [-0.39, 0.29) is 19.0 Å². The normalized spacial score (nSPS) is 12.6. The molecule has 0 aliphatic carbocycles. The van der Waals surface area contributed by atoms with Crippen LogP contribution in [0, 0.1) is 5.92 Å². The number of hydroxylamine groups is 1. The number of aliphatic hydroxyl groups excluding tert-OH is 1. The molecule has 170 valence electrons. The molecule has 0 saturated carbocycles. The number of nitrogens with one attached hydrogen (secondary N) is 2. The van der Waals surface area contributed by atoms with E-state index in [2.05, 4.69) is 5.32 Å². The predicted octanol–water partition coefficient (Wildman–Crippen LogP) is 3.25. The van der Waals surface area contributed by atoms with E-state index in [4.69, 9.17) is 19.8 Å². The van der Waals surface area contributed by atoms with Gasteiger partial charge in [-0.3, -0.25) is 20.1 Å². The number of ketones is 1. The predicted molar refractivity (Wildman–Crippen MR) is 117 cm³/mol. The van der Waals surface area contributed by atoms with Crippen LogP contribution in [0.5, 0.6) is 5.75 Å². The fourth-order valence-corrected chi connectivity index (χ4v) is 2.88. The van der Waals surface area contributed by atoms with Gasteiger partial charge < -0.3 is 14.6 Å². The number of Topliss-reactive ketones (excluding diaryl/α,β-unsaturated/α-hetero) is 1. The maximum atomic E-state index is 12.6. The zero-order chi connectivity index (χ0) is 23.5. The van der Waals surface area contributed by atoms with Gasteiger partial charge in [-0.15, -0.1) is 0 Å². The summed E-state index contributed by atoms with van der Waals surface area (Å²) in [5, 5.41) is 20.4. The lowest BCUT2D eigenvalue weighted by atomic mass is 9.96. The van der Waals surface area contributed by atoms with Crippen LogP contribution in [0.1, 0.15) is 35.9 Å². The van der Waals surface area contributed by atoms with Crippen LogP contribution in [-0.4, -0.2) is 41.3 Å². The number of anilines is 1. The number of ether oxygens (including phenoxy) is 2. The zero-order valence-corrected chi connectivity index (χ0v) is 17.8. The average molecular weight is 442 g/mol. The van der Waals surface area contributed by atoms with Crippen LogP contribution in [0.25, 0.3) is 0 Å². The molecule has 2 aromatic carbocycles. The number of aliphatic hydroxyl groups is 1. The number of para-hydroxylation sites is 1. The van der Waals surface area contributed by atoms with Crippen molar-refractivity contribution in [3.05, 3.63) is 71.8 Å². The Bertz CT molecular complexity index is 957. The fraction of sp³-hybridized carbons (Fsp3) is 0.261. The molecular formula is C23H26N2O7. The molecule has 0 bridgehead atoms. The highest BCUT2D eigenvalue weighted by Gasteiger charge is 2.25. The molecule has 32 heavy (non-hydrogen) atoms. The molecule has 0 spiro atoms. The maximum absolute atomic E-state index is 12.6. The Morgan fingerprint density at radius 2 is 1.78 bits per heavy atom. The molecule has 2 rings (SSSR count). The molecule has 9 nitrogen and oxygen atoms in total. The van der Waals surface area contributed by atoms with Gasteiger partial charge in [0.05, 0.1) is 6.61 Å². The minimum Gasteiger partial charge on any atom is -0.491 e. The van der Waals surface area contributed by atoms with E-state index in [9.17, 15) is 14.4 Å². The van der Waals surface area contributed by atoms with Gasteiger partial charge in [0.1, 0.15) is 18.5 Å². The fourth-order valence-electron chi connectivity index (χ4n) is 2.88. The van der Waals surface area contributed by atoms with Gasteiger partial charge in [-0.25, -0.2) is 10.3 Å². The third-order valence-corrected chi connectivity index (χ3v) is 4.49. The third kappa shape index (κ3) is 7.22. The first kappa shape index (κ1) is 24.6. The monoisotopic (exact) mass is 442 g/mol. The number of carbonyl (C=O) groups excluding carboxylic acids is 3. The van der Waals surface area contributed by atoms with Gasteiger partial charge in [-0.2, -0.15) is 0 Å². The summed E-state index contributed by atoms with van der Waals surface area (Å²) in [6, 6.07) is 13.2. The van der Waals surface area contributed by atoms with Crippen LogP contribution in [0.15, 0.2) is 60.7 Å². The van der Waals surface area contributed by atoms with Crippen molar-refractivity contribution in [2.45, 2.75) is 20.0 Å². The van der Waals surface area contributed by atoms with Crippen LogP contribution in [-0.2, 0) is 9.53 Å². The first-order valence-corrected chi connectivity index (χ1v) is 9.89. The van der Waals surface area contributed by atoms with E-state index >= 15 is 0 Å². The Kier molecular flexibility index (Phi) is 9.40. The number of carbonyl (C=O) groups is 3. The molecule has 4 N–H and O–H groups in total. The SMILES string of the molecule is CC(=O)c1ccc(NC(=O)O[C@H](c2ccccc2OCCO)[C@H](C)/C=C/C(=O)NO)cc1. The van der Waals surface area contributed by atoms with Crippen LogP contribution in [0.3, 0.4) is 0 Å². The summed E-state index contributed by atoms with van der Waals surface area (Å²) in [4.78, 5) is 35.4. The summed E-state index contributed by atoms with van der Waals surface area (Å²) in [6.07, 6.45) is 0.989. The molecule has 0 unspecified atom stereocenters. The molecule has 0 aliphatic rings. The molecule has 2 aromatic rings. The first-order valence-electron chi connectivity index (χ1n) is 9.89. The molecular weight excluding hydrogens is 416 g/mol. The first-order chi connectivity index (χ1) is 15.3.